The van der Waals surface area contributed by atoms with Gasteiger partial charge in [-0.1, -0.05) is 0 Å². The Morgan fingerprint density at radius 3 is 2.29 bits per heavy atom. The van der Waals surface area contributed by atoms with Crippen LogP contribution in [-0.4, -0.2) is 49.9 Å². The molecule has 0 bridgehead atoms. The molecule has 1 rings (SSSR count). The molecule has 1 aliphatic rings. The molecule has 5 heteroatoms. The first kappa shape index (κ1) is 11.0. The summed E-state index contributed by atoms with van der Waals surface area (Å²) in [5.74, 6) is -1.09. The van der Waals surface area contributed by atoms with E-state index in [-0.39, 0.29) is 6.04 Å². The van der Waals surface area contributed by atoms with Crippen molar-refractivity contribution in [3.8, 4) is 0 Å². The van der Waals surface area contributed by atoms with E-state index in [1.165, 1.54) is 7.05 Å². The van der Waals surface area contributed by atoms with Crippen molar-refractivity contribution in [2.45, 2.75) is 18.9 Å². The number of nitrogens with zero attached hydrogens (tertiary/aromatic N) is 1. The minimum absolute atomic E-state index is 0.149. The lowest BCUT2D eigenvalue weighted by molar-refractivity contribution is -0.139. The lowest BCUT2D eigenvalue weighted by atomic mass is 10.1. The lowest BCUT2D eigenvalue weighted by Crippen LogP contribution is -2.47. The van der Waals surface area contributed by atoms with Crippen LogP contribution in [0.25, 0.3) is 0 Å². The van der Waals surface area contributed by atoms with Crippen LogP contribution in [0.15, 0.2) is 0 Å². The van der Waals surface area contributed by atoms with E-state index in [0.29, 0.717) is 0 Å². The molecule has 0 aromatic rings. The molecule has 1 heterocycles. The van der Waals surface area contributed by atoms with Crippen LogP contribution in [0.3, 0.4) is 0 Å². The molecule has 2 N–H and O–H groups in total. The van der Waals surface area contributed by atoms with Gasteiger partial charge in [0.2, 0.25) is 0 Å². The predicted octanol–water partition coefficient (Wildman–Crippen LogP) is -1.06. The van der Waals surface area contributed by atoms with Crippen LogP contribution in [0, 0.1) is 0 Å². The summed E-state index contributed by atoms with van der Waals surface area (Å²) in [6.07, 6.45) is 1.83. The second kappa shape index (κ2) is 4.95. The third-order valence-electron chi connectivity index (χ3n) is 2.49. The summed E-state index contributed by atoms with van der Waals surface area (Å²) in [4.78, 5) is 24.3. The highest BCUT2D eigenvalue weighted by molar-refractivity contribution is 6.35. The van der Waals surface area contributed by atoms with Crippen molar-refractivity contribution in [1.82, 2.24) is 15.5 Å². The molecular weight excluding hydrogens is 182 g/mol. The Balaban J connectivity index is 2.31. The number of hydrogen-bond acceptors (Lipinski definition) is 3. The average Bonchev–Trinajstić information content (AvgIpc) is 2.20. The Bertz CT molecular complexity index is 222. The fraction of sp³-hybridized carbons (Fsp3) is 0.778. The number of piperidine rings is 1. The van der Waals surface area contributed by atoms with E-state index in [1.54, 1.807) is 0 Å². The van der Waals surface area contributed by atoms with Gasteiger partial charge in [0, 0.05) is 13.1 Å². The van der Waals surface area contributed by atoms with Crippen molar-refractivity contribution in [1.29, 1.82) is 0 Å². The van der Waals surface area contributed by atoms with Gasteiger partial charge in [-0.3, -0.25) is 9.59 Å². The molecule has 0 aromatic carbocycles. The van der Waals surface area contributed by atoms with Gasteiger partial charge in [-0.15, -0.1) is 0 Å². The second-order valence-electron chi connectivity index (χ2n) is 3.63. The molecular formula is C9H17N3O2. The van der Waals surface area contributed by atoms with Crippen molar-refractivity contribution in [2.24, 2.45) is 0 Å². The number of amides is 2. The maximum absolute atomic E-state index is 11.2. The first-order chi connectivity index (χ1) is 6.63. The van der Waals surface area contributed by atoms with Gasteiger partial charge in [0.15, 0.2) is 0 Å². The van der Waals surface area contributed by atoms with Gasteiger partial charge in [-0.25, -0.2) is 0 Å². The first-order valence-electron chi connectivity index (χ1n) is 4.84. The molecule has 1 saturated heterocycles. The monoisotopic (exact) mass is 199 g/mol. The quantitative estimate of drug-likeness (QED) is 0.529. The SMILES string of the molecule is CNC(=O)C(=O)NC1CCN(C)CC1. The van der Waals surface area contributed by atoms with E-state index in [0.717, 1.165) is 25.9 Å². The average molecular weight is 199 g/mol. The topological polar surface area (TPSA) is 61.4 Å². The van der Waals surface area contributed by atoms with E-state index in [4.69, 9.17) is 0 Å². The van der Waals surface area contributed by atoms with Crippen LogP contribution in [0.1, 0.15) is 12.8 Å². The normalized spacial score (nSPS) is 19.0. The molecule has 1 aliphatic heterocycles. The Hall–Kier alpha value is -1.10. The summed E-state index contributed by atoms with van der Waals surface area (Å²) in [6, 6.07) is 0.149. The van der Waals surface area contributed by atoms with Crippen molar-refractivity contribution in [3.05, 3.63) is 0 Å². The fourth-order valence-corrected chi connectivity index (χ4v) is 1.52. The summed E-state index contributed by atoms with van der Waals surface area (Å²) in [6.45, 7) is 1.94. The number of hydrogen-bond donors (Lipinski definition) is 2. The molecule has 0 spiro atoms. The highest BCUT2D eigenvalue weighted by Crippen LogP contribution is 2.07. The maximum atomic E-state index is 11.2. The van der Waals surface area contributed by atoms with E-state index < -0.39 is 11.8 Å². The predicted molar refractivity (Wildman–Crippen MR) is 52.7 cm³/mol. The van der Waals surface area contributed by atoms with Gasteiger partial charge in [0.1, 0.15) is 0 Å². The van der Waals surface area contributed by atoms with Gasteiger partial charge in [-0.2, -0.15) is 0 Å². The van der Waals surface area contributed by atoms with Gasteiger partial charge < -0.3 is 15.5 Å². The van der Waals surface area contributed by atoms with E-state index >= 15 is 0 Å². The molecule has 0 aliphatic carbocycles. The number of nitrogens with one attached hydrogen (secondary N) is 2. The third kappa shape index (κ3) is 2.99. The molecule has 2 amide bonds. The molecule has 1 fully saturated rings. The summed E-state index contributed by atoms with van der Waals surface area (Å²) < 4.78 is 0. The summed E-state index contributed by atoms with van der Waals surface area (Å²) in [7, 11) is 3.51. The zero-order valence-electron chi connectivity index (χ0n) is 8.67. The summed E-state index contributed by atoms with van der Waals surface area (Å²) >= 11 is 0. The Labute approximate surface area is 83.8 Å². The van der Waals surface area contributed by atoms with E-state index in [9.17, 15) is 9.59 Å². The second-order valence-corrected chi connectivity index (χ2v) is 3.63. The number of carbonyl (C=O) groups is 2. The molecule has 14 heavy (non-hydrogen) atoms. The molecule has 0 saturated carbocycles. The largest absolute Gasteiger partial charge is 0.351 e. The van der Waals surface area contributed by atoms with Gasteiger partial charge >= 0.3 is 11.8 Å². The minimum Gasteiger partial charge on any atom is -0.351 e. The first-order valence-corrected chi connectivity index (χ1v) is 4.84. The standard InChI is InChI=1S/C9H17N3O2/c1-10-8(13)9(14)11-7-3-5-12(2)6-4-7/h7H,3-6H2,1-2H3,(H,10,13)(H,11,14). The number of rotatable bonds is 1. The molecule has 0 radical (unpaired) electrons. The molecule has 5 nitrogen and oxygen atoms in total. The van der Waals surface area contributed by atoms with Gasteiger partial charge in [0.05, 0.1) is 0 Å². The van der Waals surface area contributed by atoms with Crippen molar-refractivity contribution in [3.63, 3.8) is 0 Å². The smallest absolute Gasteiger partial charge is 0.309 e. The molecule has 80 valence electrons. The van der Waals surface area contributed by atoms with E-state index in [2.05, 4.69) is 22.6 Å². The Morgan fingerprint density at radius 1 is 1.21 bits per heavy atom. The van der Waals surface area contributed by atoms with Crippen LogP contribution in [0.4, 0.5) is 0 Å². The van der Waals surface area contributed by atoms with Crippen LogP contribution in [0.5, 0.6) is 0 Å². The van der Waals surface area contributed by atoms with Crippen LogP contribution in [0.2, 0.25) is 0 Å². The third-order valence-corrected chi connectivity index (χ3v) is 2.49. The highest BCUT2D eigenvalue weighted by Gasteiger charge is 2.20. The van der Waals surface area contributed by atoms with Crippen molar-refractivity contribution >= 4 is 11.8 Å². The van der Waals surface area contributed by atoms with Crippen LogP contribution < -0.4 is 10.6 Å². The zero-order valence-corrected chi connectivity index (χ0v) is 8.67. The number of likely N-dealkylation sites (tertiary alicyclic amines) is 1. The molecule has 0 unspecified atom stereocenters. The van der Waals surface area contributed by atoms with E-state index in [1.807, 2.05) is 0 Å². The molecule has 0 atom stereocenters. The summed E-state index contributed by atoms with van der Waals surface area (Å²) in [5.41, 5.74) is 0. The highest BCUT2D eigenvalue weighted by atomic mass is 16.2. The Morgan fingerprint density at radius 2 is 1.79 bits per heavy atom. The minimum atomic E-state index is -0.566. The maximum Gasteiger partial charge on any atom is 0.309 e. The van der Waals surface area contributed by atoms with Crippen LogP contribution >= 0.6 is 0 Å². The van der Waals surface area contributed by atoms with Gasteiger partial charge in [0.25, 0.3) is 0 Å². The summed E-state index contributed by atoms with van der Waals surface area (Å²) in [5, 5.41) is 5.01. The Kier molecular flexibility index (Phi) is 3.88. The van der Waals surface area contributed by atoms with Gasteiger partial charge in [-0.05, 0) is 33.0 Å². The van der Waals surface area contributed by atoms with Crippen molar-refractivity contribution in [2.75, 3.05) is 27.2 Å². The number of carbonyl (C=O) groups excluding carboxylic acids is 2. The van der Waals surface area contributed by atoms with Crippen molar-refractivity contribution < 1.29 is 9.59 Å². The lowest BCUT2D eigenvalue weighted by Gasteiger charge is -2.29. The zero-order chi connectivity index (χ0) is 10.6. The fourth-order valence-electron chi connectivity index (χ4n) is 1.52. The molecule has 0 aromatic heterocycles. The number of likely N-dealkylation sites (N-methyl/N-ethyl adjacent to an activating group) is 1. The van der Waals surface area contributed by atoms with Crippen LogP contribution in [-0.2, 0) is 9.59 Å².